The fourth-order valence-electron chi connectivity index (χ4n) is 2.15. The zero-order valence-electron chi connectivity index (χ0n) is 12.3. The Kier molecular flexibility index (Phi) is 6.27. The van der Waals surface area contributed by atoms with Gasteiger partial charge in [0.15, 0.2) is 6.20 Å². The van der Waals surface area contributed by atoms with Gasteiger partial charge in [0, 0.05) is 28.8 Å². The number of benzene rings is 1. The van der Waals surface area contributed by atoms with Gasteiger partial charge < -0.3 is 28.4 Å². The Morgan fingerprint density at radius 2 is 1.83 bits per heavy atom. The molecule has 5 heteroatoms. The third-order valence-corrected chi connectivity index (χ3v) is 3.88. The fourth-order valence-corrected chi connectivity index (χ4v) is 2.66. The average molecular weight is 458 g/mol. The molecule has 2 nitrogen and oxygen atoms in total. The highest BCUT2D eigenvalue weighted by Gasteiger charge is 2.08. The van der Waals surface area contributed by atoms with E-state index < -0.39 is 0 Å². The van der Waals surface area contributed by atoms with Gasteiger partial charge in [-0.15, -0.1) is 0 Å². The van der Waals surface area contributed by atoms with Crippen molar-refractivity contribution >= 4 is 35.4 Å². The highest BCUT2D eigenvalue weighted by Crippen LogP contribution is 2.31. The molecule has 0 radical (unpaired) electrons. The number of pyridine rings is 1. The number of rotatable bonds is 3. The Labute approximate surface area is 162 Å². The van der Waals surface area contributed by atoms with E-state index in [0.717, 1.165) is 22.8 Å². The van der Waals surface area contributed by atoms with Crippen molar-refractivity contribution in [2.45, 2.75) is 0 Å². The smallest absolute Gasteiger partial charge is 0.205 e. The van der Waals surface area contributed by atoms with E-state index in [0.29, 0.717) is 10.0 Å². The monoisotopic (exact) mass is 457 g/mol. The van der Waals surface area contributed by atoms with E-state index in [4.69, 9.17) is 27.6 Å². The molecular formula is C18H14Cl2INO. The number of aromatic nitrogens is 1. The van der Waals surface area contributed by atoms with Gasteiger partial charge in [-0.2, -0.15) is 0 Å². The molecule has 0 fully saturated rings. The topological polar surface area (TPSA) is 17.0 Å². The number of hydrogen-bond donors (Lipinski definition) is 0. The molecule has 0 atom stereocenters. The van der Waals surface area contributed by atoms with Crippen LogP contribution in [0.5, 0.6) is 0 Å². The first-order valence-electron chi connectivity index (χ1n) is 6.81. The quantitative estimate of drug-likeness (QED) is 0.435. The number of aryl methyl sites for hydroxylation is 1. The summed E-state index contributed by atoms with van der Waals surface area (Å²) >= 11 is 12.1. The first-order chi connectivity index (χ1) is 10.6. The molecule has 0 aliphatic rings. The molecule has 1 aromatic carbocycles. The summed E-state index contributed by atoms with van der Waals surface area (Å²) in [7, 11) is 2.00. The van der Waals surface area contributed by atoms with Crippen LogP contribution < -0.4 is 28.5 Å². The lowest BCUT2D eigenvalue weighted by molar-refractivity contribution is -0.673. The van der Waals surface area contributed by atoms with Crippen LogP contribution in [-0.2, 0) is 7.05 Å². The van der Waals surface area contributed by atoms with Gasteiger partial charge in [0.25, 0.3) is 0 Å². The predicted molar refractivity (Wildman–Crippen MR) is 90.7 cm³/mol. The molecule has 0 unspecified atom stereocenters. The van der Waals surface area contributed by atoms with E-state index in [1.165, 1.54) is 0 Å². The summed E-state index contributed by atoms with van der Waals surface area (Å²) in [5.74, 6) is 1.49. The van der Waals surface area contributed by atoms with Crippen molar-refractivity contribution < 1.29 is 33.0 Å². The van der Waals surface area contributed by atoms with Crippen LogP contribution in [0.3, 0.4) is 0 Å². The highest BCUT2D eigenvalue weighted by molar-refractivity contribution is 6.36. The zero-order chi connectivity index (χ0) is 15.5. The second-order valence-electron chi connectivity index (χ2n) is 4.90. The Hall–Kier alpha value is -1.30. The summed E-state index contributed by atoms with van der Waals surface area (Å²) in [6.07, 6.45) is 5.94. The molecular weight excluding hydrogens is 444 g/mol. The maximum absolute atomic E-state index is 6.20. The summed E-state index contributed by atoms with van der Waals surface area (Å²) < 4.78 is 7.87. The van der Waals surface area contributed by atoms with Crippen LogP contribution in [0, 0.1) is 0 Å². The molecule has 118 valence electrons. The van der Waals surface area contributed by atoms with Gasteiger partial charge in [-0.05, 0) is 42.5 Å². The summed E-state index contributed by atoms with van der Waals surface area (Å²) in [4.78, 5) is 0. The minimum atomic E-state index is 0. The molecule has 23 heavy (non-hydrogen) atoms. The molecule has 3 rings (SSSR count). The van der Waals surface area contributed by atoms with Crippen molar-refractivity contribution in [2.24, 2.45) is 7.05 Å². The Bertz CT molecular complexity index is 843. The van der Waals surface area contributed by atoms with Crippen LogP contribution in [0.15, 0.2) is 59.1 Å². The van der Waals surface area contributed by atoms with Crippen molar-refractivity contribution in [2.75, 3.05) is 0 Å². The van der Waals surface area contributed by atoms with Gasteiger partial charge in [-0.1, -0.05) is 23.2 Å². The zero-order valence-corrected chi connectivity index (χ0v) is 16.0. The fraction of sp³-hybridized carbons (Fsp3) is 0.0556. The van der Waals surface area contributed by atoms with E-state index in [-0.39, 0.29) is 24.0 Å². The first kappa shape index (κ1) is 18.0. The van der Waals surface area contributed by atoms with E-state index in [9.17, 15) is 0 Å². The summed E-state index contributed by atoms with van der Waals surface area (Å²) in [6, 6.07) is 15.2. The molecule has 0 spiro atoms. The maximum Gasteiger partial charge on any atom is 0.205 e. The minimum Gasteiger partial charge on any atom is -1.00 e. The lowest BCUT2D eigenvalue weighted by Gasteiger charge is -2.00. The molecule has 0 aliphatic carbocycles. The van der Waals surface area contributed by atoms with Gasteiger partial charge in [-0.3, -0.25) is 0 Å². The Balaban J connectivity index is 0.00000192. The lowest BCUT2D eigenvalue weighted by atomic mass is 10.2. The number of nitrogens with zero attached hydrogens (tertiary/aromatic N) is 1. The summed E-state index contributed by atoms with van der Waals surface area (Å²) in [5, 5.41) is 1.18. The van der Waals surface area contributed by atoms with E-state index >= 15 is 0 Å². The third-order valence-electron chi connectivity index (χ3n) is 3.34. The minimum absolute atomic E-state index is 0. The second-order valence-corrected chi connectivity index (χ2v) is 5.74. The Morgan fingerprint density at radius 1 is 1.00 bits per heavy atom. The van der Waals surface area contributed by atoms with E-state index in [1.54, 1.807) is 12.1 Å². The van der Waals surface area contributed by atoms with Gasteiger partial charge in [-0.25, -0.2) is 4.57 Å². The van der Waals surface area contributed by atoms with Crippen LogP contribution in [0.2, 0.25) is 10.0 Å². The molecule has 0 saturated heterocycles. The largest absolute Gasteiger partial charge is 1.00 e. The molecule has 3 aromatic rings. The predicted octanol–water partition coefficient (Wildman–Crippen LogP) is 2.25. The lowest BCUT2D eigenvalue weighted by Crippen LogP contribution is -3.00. The first-order valence-corrected chi connectivity index (χ1v) is 7.57. The van der Waals surface area contributed by atoms with Crippen LogP contribution in [-0.4, -0.2) is 0 Å². The molecule has 0 N–H and O–H groups in total. The van der Waals surface area contributed by atoms with Crippen LogP contribution in [0.1, 0.15) is 11.5 Å². The molecule has 2 heterocycles. The van der Waals surface area contributed by atoms with Crippen molar-refractivity contribution in [3.8, 4) is 11.3 Å². The van der Waals surface area contributed by atoms with Crippen molar-refractivity contribution in [3.05, 3.63) is 76.2 Å². The Morgan fingerprint density at radius 3 is 2.57 bits per heavy atom. The number of halogens is 3. The van der Waals surface area contributed by atoms with Gasteiger partial charge in [0.05, 0.1) is 5.02 Å². The normalized spacial score (nSPS) is 10.7. The van der Waals surface area contributed by atoms with Gasteiger partial charge in [0.1, 0.15) is 18.6 Å². The molecule has 2 aromatic heterocycles. The van der Waals surface area contributed by atoms with Crippen LogP contribution in [0.4, 0.5) is 0 Å². The molecule has 0 saturated carbocycles. The van der Waals surface area contributed by atoms with Gasteiger partial charge >= 0.3 is 0 Å². The van der Waals surface area contributed by atoms with Crippen molar-refractivity contribution in [1.82, 2.24) is 0 Å². The number of hydrogen-bond acceptors (Lipinski definition) is 1. The average Bonchev–Trinajstić information content (AvgIpc) is 2.95. The van der Waals surface area contributed by atoms with Crippen molar-refractivity contribution in [3.63, 3.8) is 0 Å². The molecule has 0 bridgehead atoms. The van der Waals surface area contributed by atoms with Gasteiger partial charge in [0.2, 0.25) is 5.69 Å². The number of furan rings is 1. The SMILES string of the molecule is C[n+]1ccccc1/C=C/c1ccc(-c2ccc(Cl)cc2Cl)o1.[I-]. The molecule has 0 aliphatic heterocycles. The summed E-state index contributed by atoms with van der Waals surface area (Å²) in [6.45, 7) is 0. The second kappa shape index (κ2) is 7.99. The summed E-state index contributed by atoms with van der Waals surface area (Å²) in [5.41, 5.74) is 1.92. The molecule has 0 amide bonds. The van der Waals surface area contributed by atoms with E-state index in [1.807, 2.05) is 66.4 Å². The van der Waals surface area contributed by atoms with Crippen LogP contribution >= 0.6 is 23.2 Å². The van der Waals surface area contributed by atoms with E-state index in [2.05, 4.69) is 0 Å². The third kappa shape index (κ3) is 4.37. The standard InChI is InChI=1S/C18H14Cl2NO.HI/c1-21-11-3-2-4-14(21)6-7-15-8-10-18(22-15)16-9-5-13(19)12-17(16)20;/h2-12H,1H3;1H/q+1;/p-1/b7-6+;. The van der Waals surface area contributed by atoms with Crippen molar-refractivity contribution in [1.29, 1.82) is 0 Å². The highest BCUT2D eigenvalue weighted by atomic mass is 127. The van der Waals surface area contributed by atoms with Crippen LogP contribution in [0.25, 0.3) is 23.5 Å². The maximum atomic E-state index is 6.20.